The fraction of sp³-hybridized carbons (Fsp3) is 0.500. The smallest absolute Gasteiger partial charge is 0.249 e. The highest BCUT2D eigenvalue weighted by Crippen LogP contribution is 2.18. The number of nitrogens with two attached hydrogens (primary N) is 1. The summed E-state index contributed by atoms with van der Waals surface area (Å²) in [5.41, 5.74) is 6.02. The number of aliphatic hydroxyl groups is 1. The maximum absolute atomic E-state index is 12.0. The lowest BCUT2D eigenvalue weighted by atomic mass is 10.2. The number of aromatic nitrogens is 1. The minimum Gasteiger partial charge on any atom is -0.481 e. The Morgan fingerprint density at radius 1 is 1.50 bits per heavy atom. The zero-order chi connectivity index (χ0) is 16.1. The van der Waals surface area contributed by atoms with Crippen LogP contribution in [0.25, 0.3) is 0 Å². The second kappa shape index (κ2) is 7.19. The van der Waals surface area contributed by atoms with Crippen molar-refractivity contribution in [2.75, 3.05) is 20.3 Å². The highest BCUT2D eigenvalue weighted by Gasteiger charge is 2.37. The van der Waals surface area contributed by atoms with Crippen molar-refractivity contribution < 1.29 is 24.2 Å². The molecule has 2 rings (SSSR count). The molecule has 1 aromatic rings. The number of hydrogen-bond acceptors (Lipinski definition) is 6. The molecule has 3 N–H and O–H groups in total. The van der Waals surface area contributed by atoms with Gasteiger partial charge in [-0.3, -0.25) is 9.59 Å². The number of methoxy groups -OCH3 is 1. The fourth-order valence-electron chi connectivity index (χ4n) is 2.32. The third-order valence-corrected chi connectivity index (χ3v) is 3.43. The predicted octanol–water partition coefficient (Wildman–Crippen LogP) is -0.946. The molecule has 0 unspecified atom stereocenters. The maximum atomic E-state index is 12.0. The van der Waals surface area contributed by atoms with E-state index in [1.54, 1.807) is 18.3 Å². The molecule has 22 heavy (non-hydrogen) atoms. The summed E-state index contributed by atoms with van der Waals surface area (Å²) in [6.07, 6.45) is 1.03. The fourth-order valence-corrected chi connectivity index (χ4v) is 2.32. The number of hydrogen-bond donors (Lipinski definition) is 2. The zero-order valence-electron chi connectivity index (χ0n) is 12.3. The number of carbonyl (C=O) groups excluding carboxylic acids is 2. The van der Waals surface area contributed by atoms with Gasteiger partial charge < -0.3 is 25.2 Å². The summed E-state index contributed by atoms with van der Waals surface area (Å²) in [5, 5.41) is 9.56. The monoisotopic (exact) mass is 309 g/mol. The Labute approximate surface area is 127 Å². The highest BCUT2D eigenvalue weighted by atomic mass is 16.5. The number of aliphatic hydroxyl groups excluding tert-OH is 1. The summed E-state index contributed by atoms with van der Waals surface area (Å²) in [5.74, 6) is -0.499. The highest BCUT2D eigenvalue weighted by molar-refractivity contribution is 5.87. The normalized spacial score (nSPS) is 20.9. The average molecular weight is 309 g/mol. The van der Waals surface area contributed by atoms with E-state index in [-0.39, 0.29) is 32.1 Å². The first kappa shape index (κ1) is 16.2. The first-order valence-electron chi connectivity index (χ1n) is 6.84. The minimum absolute atomic E-state index is 0.0971. The van der Waals surface area contributed by atoms with Crippen LogP contribution >= 0.6 is 0 Å². The number of carbonyl (C=O) groups is 2. The van der Waals surface area contributed by atoms with Crippen molar-refractivity contribution in [2.24, 2.45) is 5.73 Å². The van der Waals surface area contributed by atoms with E-state index in [9.17, 15) is 14.7 Å². The quantitative estimate of drug-likeness (QED) is 0.700. The second-order valence-corrected chi connectivity index (χ2v) is 5.06. The molecule has 120 valence electrons. The second-order valence-electron chi connectivity index (χ2n) is 5.06. The van der Waals surface area contributed by atoms with Crippen LogP contribution in [0.4, 0.5) is 0 Å². The lowest BCUT2D eigenvalue weighted by Crippen LogP contribution is -2.45. The SMILES string of the molecule is COc1ccc(COCC(=O)N2C[C@H](O)C[C@H]2C(N)=O)cn1. The van der Waals surface area contributed by atoms with E-state index in [0.29, 0.717) is 5.88 Å². The molecule has 8 nitrogen and oxygen atoms in total. The molecule has 1 aliphatic rings. The molecule has 1 aliphatic heterocycles. The van der Waals surface area contributed by atoms with Crippen molar-refractivity contribution in [3.63, 3.8) is 0 Å². The first-order valence-corrected chi connectivity index (χ1v) is 6.84. The lowest BCUT2D eigenvalue weighted by molar-refractivity contribution is -0.141. The molecule has 0 aromatic carbocycles. The van der Waals surface area contributed by atoms with E-state index >= 15 is 0 Å². The van der Waals surface area contributed by atoms with E-state index in [0.717, 1.165) is 5.56 Å². The maximum Gasteiger partial charge on any atom is 0.249 e. The van der Waals surface area contributed by atoms with Gasteiger partial charge in [0, 0.05) is 25.2 Å². The molecule has 8 heteroatoms. The van der Waals surface area contributed by atoms with Crippen LogP contribution in [0.3, 0.4) is 0 Å². The molecule has 1 aromatic heterocycles. The standard InChI is InChI=1S/C14H19N3O5/c1-21-12-3-2-9(5-16-12)7-22-8-13(19)17-6-10(18)4-11(17)14(15)20/h2-3,5,10-11,18H,4,6-8H2,1H3,(H2,15,20)/t10-,11+/m1/s1. The van der Waals surface area contributed by atoms with Crippen LogP contribution in [0.2, 0.25) is 0 Å². The summed E-state index contributed by atoms with van der Waals surface area (Å²) in [4.78, 5) is 28.6. The van der Waals surface area contributed by atoms with Crippen LogP contribution in [0.15, 0.2) is 18.3 Å². The largest absolute Gasteiger partial charge is 0.481 e. The number of pyridine rings is 1. The number of nitrogens with zero attached hydrogens (tertiary/aromatic N) is 2. The van der Waals surface area contributed by atoms with Gasteiger partial charge in [-0.15, -0.1) is 0 Å². The third kappa shape index (κ3) is 3.92. The summed E-state index contributed by atoms with van der Waals surface area (Å²) in [6, 6.07) is 2.71. The van der Waals surface area contributed by atoms with Crippen molar-refractivity contribution in [3.8, 4) is 5.88 Å². The van der Waals surface area contributed by atoms with Crippen molar-refractivity contribution in [1.82, 2.24) is 9.88 Å². The topological polar surface area (TPSA) is 115 Å². The Morgan fingerprint density at radius 2 is 2.27 bits per heavy atom. The lowest BCUT2D eigenvalue weighted by Gasteiger charge is -2.21. The Balaban J connectivity index is 1.83. The molecular weight excluding hydrogens is 290 g/mol. The molecule has 0 aliphatic carbocycles. The number of ether oxygens (including phenoxy) is 2. The van der Waals surface area contributed by atoms with Gasteiger partial charge in [-0.2, -0.15) is 0 Å². The third-order valence-electron chi connectivity index (χ3n) is 3.43. The first-order chi connectivity index (χ1) is 10.5. The van der Waals surface area contributed by atoms with E-state index in [1.807, 2.05) is 0 Å². The molecule has 0 bridgehead atoms. The Morgan fingerprint density at radius 3 is 2.86 bits per heavy atom. The summed E-state index contributed by atoms with van der Waals surface area (Å²) in [6.45, 7) is 0.114. The van der Waals surface area contributed by atoms with Crippen molar-refractivity contribution in [3.05, 3.63) is 23.9 Å². The molecule has 1 saturated heterocycles. The van der Waals surface area contributed by atoms with Crippen LogP contribution in [-0.2, 0) is 20.9 Å². The van der Waals surface area contributed by atoms with Gasteiger partial charge in [0.1, 0.15) is 12.6 Å². The van der Waals surface area contributed by atoms with E-state index < -0.39 is 18.1 Å². The molecule has 2 amide bonds. The van der Waals surface area contributed by atoms with E-state index in [2.05, 4.69) is 4.98 Å². The van der Waals surface area contributed by atoms with Gasteiger partial charge >= 0.3 is 0 Å². The van der Waals surface area contributed by atoms with Gasteiger partial charge in [0.05, 0.1) is 19.8 Å². The van der Waals surface area contributed by atoms with Crippen molar-refractivity contribution in [1.29, 1.82) is 0 Å². The minimum atomic E-state index is -0.770. The van der Waals surface area contributed by atoms with Crippen LogP contribution in [-0.4, -0.2) is 59.2 Å². The van der Waals surface area contributed by atoms with Crippen LogP contribution in [0.5, 0.6) is 5.88 Å². The Hall–Kier alpha value is -2.19. The van der Waals surface area contributed by atoms with Crippen LogP contribution < -0.4 is 10.5 Å². The van der Waals surface area contributed by atoms with Gasteiger partial charge in [-0.05, 0) is 11.6 Å². The predicted molar refractivity (Wildman–Crippen MR) is 75.8 cm³/mol. The zero-order valence-corrected chi connectivity index (χ0v) is 12.3. The van der Waals surface area contributed by atoms with Gasteiger partial charge in [-0.1, -0.05) is 0 Å². The molecular formula is C14H19N3O5. The number of rotatable bonds is 6. The summed E-state index contributed by atoms with van der Waals surface area (Å²) < 4.78 is 10.3. The van der Waals surface area contributed by atoms with Crippen molar-refractivity contribution in [2.45, 2.75) is 25.2 Å². The number of β-amino-alcohol motifs (C(OH)–C–C–N with tert-alkyl or cyclic N) is 1. The molecule has 2 atom stereocenters. The van der Waals surface area contributed by atoms with Crippen LogP contribution in [0, 0.1) is 0 Å². The number of amides is 2. The van der Waals surface area contributed by atoms with Gasteiger partial charge in [0.15, 0.2) is 0 Å². The molecule has 1 fully saturated rings. The molecule has 2 heterocycles. The van der Waals surface area contributed by atoms with Gasteiger partial charge in [-0.25, -0.2) is 4.98 Å². The Kier molecular flexibility index (Phi) is 5.29. The summed E-state index contributed by atoms with van der Waals surface area (Å²) in [7, 11) is 1.52. The van der Waals surface area contributed by atoms with Crippen molar-refractivity contribution >= 4 is 11.8 Å². The number of likely N-dealkylation sites (tertiary alicyclic amines) is 1. The van der Waals surface area contributed by atoms with Gasteiger partial charge in [0.25, 0.3) is 0 Å². The Bertz CT molecular complexity index is 534. The number of primary amides is 1. The molecule has 0 saturated carbocycles. The van der Waals surface area contributed by atoms with Gasteiger partial charge in [0.2, 0.25) is 17.7 Å². The van der Waals surface area contributed by atoms with Crippen LogP contribution in [0.1, 0.15) is 12.0 Å². The van der Waals surface area contributed by atoms with E-state index in [1.165, 1.54) is 12.0 Å². The summed E-state index contributed by atoms with van der Waals surface area (Å²) >= 11 is 0. The average Bonchev–Trinajstić information content (AvgIpc) is 2.90. The molecule has 0 spiro atoms. The van der Waals surface area contributed by atoms with E-state index in [4.69, 9.17) is 15.2 Å². The molecule has 0 radical (unpaired) electrons.